The van der Waals surface area contributed by atoms with E-state index in [2.05, 4.69) is 31.7 Å². The standard InChI is InChI=1S/C31H38N8O3/c1-3-37-11-10-33-22(18-37)16-28(32)35-25-14-21(17-36(2)30(25)41)23-8-9-34-29(24(23)19-40)39-13-12-38-26-7-5-4-6-20(26)15-27(38)31(39)42/h8-9,14-17,33,40H,3-7,10-13,18-19H2,1-2H3,(H2,32,35)/b22-16-. The predicted octanol–water partition coefficient (Wildman–Crippen LogP) is 2.08. The molecule has 0 spiro atoms. The summed E-state index contributed by atoms with van der Waals surface area (Å²) in [6.45, 7) is 6.42. The number of fused-ring (bicyclic) bond motifs is 3. The van der Waals surface area contributed by atoms with E-state index in [1.807, 2.05) is 6.07 Å². The van der Waals surface area contributed by atoms with Gasteiger partial charge in [0.25, 0.3) is 11.5 Å². The van der Waals surface area contributed by atoms with Crippen molar-refractivity contribution < 1.29 is 9.90 Å². The van der Waals surface area contributed by atoms with Gasteiger partial charge in [-0.3, -0.25) is 19.4 Å². The van der Waals surface area contributed by atoms with Crippen LogP contribution in [0.4, 0.5) is 11.5 Å². The topological polar surface area (TPSA) is 134 Å². The van der Waals surface area contributed by atoms with Gasteiger partial charge in [-0.15, -0.1) is 0 Å². The van der Waals surface area contributed by atoms with Crippen molar-refractivity contribution in [3.05, 3.63) is 75.2 Å². The summed E-state index contributed by atoms with van der Waals surface area (Å²) in [6, 6.07) is 5.50. The lowest BCUT2D eigenvalue weighted by molar-refractivity contribution is 0.0963. The summed E-state index contributed by atoms with van der Waals surface area (Å²) in [5.41, 5.74) is 12.2. The summed E-state index contributed by atoms with van der Waals surface area (Å²) >= 11 is 0. The highest BCUT2D eigenvalue weighted by molar-refractivity contribution is 6.06. The molecule has 2 aliphatic heterocycles. The summed E-state index contributed by atoms with van der Waals surface area (Å²) in [6.07, 6.45) is 9.42. The average molecular weight is 571 g/mol. The fourth-order valence-electron chi connectivity index (χ4n) is 6.37. The zero-order valence-corrected chi connectivity index (χ0v) is 24.3. The number of aliphatic imine (C=N–C) groups is 1. The fourth-order valence-corrected chi connectivity index (χ4v) is 6.37. The van der Waals surface area contributed by atoms with Crippen molar-refractivity contribution in [3.8, 4) is 11.1 Å². The van der Waals surface area contributed by atoms with Crippen LogP contribution in [0.1, 0.15) is 47.1 Å². The Kier molecular flexibility index (Phi) is 7.70. The first-order chi connectivity index (χ1) is 20.4. The van der Waals surface area contributed by atoms with E-state index in [1.165, 1.54) is 15.8 Å². The molecule has 0 atom stereocenters. The Labute approximate surface area is 245 Å². The van der Waals surface area contributed by atoms with Gasteiger partial charge in [-0.25, -0.2) is 9.98 Å². The second kappa shape index (κ2) is 11.6. The molecular formula is C31H38N8O3. The number of nitrogens with zero attached hydrogens (tertiary/aromatic N) is 6. The maximum atomic E-state index is 13.7. The van der Waals surface area contributed by atoms with Crippen molar-refractivity contribution in [2.75, 3.05) is 37.6 Å². The number of pyridine rings is 2. The number of carbonyl (C=O) groups excluding carboxylic acids is 1. The zero-order valence-electron chi connectivity index (χ0n) is 24.3. The number of anilines is 1. The van der Waals surface area contributed by atoms with Crippen LogP contribution < -0.4 is 21.5 Å². The first kappa shape index (κ1) is 27.9. The van der Waals surface area contributed by atoms with Crippen LogP contribution in [0.25, 0.3) is 11.1 Å². The number of amides is 1. The van der Waals surface area contributed by atoms with Crippen LogP contribution in [0.5, 0.6) is 0 Å². The maximum absolute atomic E-state index is 13.7. The van der Waals surface area contributed by atoms with Crippen molar-refractivity contribution in [1.29, 1.82) is 0 Å². The number of aryl methyl sites for hydroxylation is 2. The molecule has 220 valence electrons. The van der Waals surface area contributed by atoms with Crippen LogP contribution in [-0.4, -0.2) is 68.6 Å². The first-order valence-corrected chi connectivity index (χ1v) is 14.7. The molecule has 5 heterocycles. The van der Waals surface area contributed by atoms with E-state index < -0.39 is 0 Å². The minimum atomic E-state index is -0.324. The fraction of sp³-hybridized carbons (Fsp3) is 0.419. The van der Waals surface area contributed by atoms with Crippen LogP contribution in [0.15, 0.2) is 52.2 Å². The summed E-state index contributed by atoms with van der Waals surface area (Å²) in [5.74, 6) is 0.545. The lowest BCUT2D eigenvalue weighted by Gasteiger charge is -2.30. The Morgan fingerprint density at radius 2 is 2.02 bits per heavy atom. The molecule has 0 unspecified atom stereocenters. The number of aliphatic hydroxyl groups excluding tert-OH is 1. The van der Waals surface area contributed by atoms with Gasteiger partial charge in [0.15, 0.2) is 0 Å². The van der Waals surface area contributed by atoms with Crippen LogP contribution in [0, 0.1) is 0 Å². The summed E-state index contributed by atoms with van der Waals surface area (Å²) in [5, 5.41) is 13.9. The molecule has 4 N–H and O–H groups in total. The molecule has 3 aromatic rings. The van der Waals surface area contributed by atoms with Crippen LogP contribution in [0.3, 0.4) is 0 Å². The van der Waals surface area contributed by atoms with Crippen molar-refractivity contribution in [2.45, 2.75) is 45.8 Å². The Morgan fingerprint density at radius 1 is 1.19 bits per heavy atom. The molecule has 1 aliphatic carbocycles. The molecule has 0 aromatic carbocycles. The third-order valence-electron chi connectivity index (χ3n) is 8.53. The van der Waals surface area contributed by atoms with Gasteiger partial charge < -0.3 is 25.3 Å². The van der Waals surface area contributed by atoms with Gasteiger partial charge in [0.2, 0.25) is 0 Å². The van der Waals surface area contributed by atoms with Gasteiger partial charge >= 0.3 is 0 Å². The quantitative estimate of drug-likeness (QED) is 0.305. The number of piperazine rings is 1. The summed E-state index contributed by atoms with van der Waals surface area (Å²) in [4.78, 5) is 39.7. The number of hydrogen-bond acceptors (Lipinski definition) is 7. The molecule has 1 amide bonds. The Bertz CT molecular complexity index is 1650. The highest BCUT2D eigenvalue weighted by atomic mass is 16.3. The SMILES string of the molecule is CCN1CCN/C(=C\C(N)=Nc2cc(-c3ccnc(N4CCn5c(cc6c5CCCC6)C4=O)c3CO)cn(C)c2=O)C1. The molecule has 1 fully saturated rings. The maximum Gasteiger partial charge on any atom is 0.276 e. The third kappa shape index (κ3) is 5.14. The normalized spacial score (nSPS) is 18.6. The predicted molar refractivity (Wildman–Crippen MR) is 163 cm³/mol. The van der Waals surface area contributed by atoms with E-state index in [0.717, 1.165) is 57.6 Å². The van der Waals surface area contributed by atoms with Gasteiger partial charge in [0, 0.05) is 80.8 Å². The molecule has 3 aromatic heterocycles. The first-order valence-electron chi connectivity index (χ1n) is 14.7. The van der Waals surface area contributed by atoms with Crippen LogP contribution in [-0.2, 0) is 33.0 Å². The zero-order chi connectivity index (χ0) is 29.4. The van der Waals surface area contributed by atoms with Crippen molar-refractivity contribution in [2.24, 2.45) is 17.8 Å². The number of amidine groups is 1. The number of nitrogens with two attached hydrogens (primary N) is 1. The number of carbonyl (C=O) groups is 1. The minimum Gasteiger partial charge on any atom is -0.392 e. The van der Waals surface area contributed by atoms with Gasteiger partial charge in [-0.05, 0) is 61.6 Å². The largest absolute Gasteiger partial charge is 0.392 e. The monoisotopic (exact) mass is 570 g/mol. The van der Waals surface area contributed by atoms with E-state index in [1.54, 1.807) is 42.6 Å². The molecule has 0 bridgehead atoms. The van der Waals surface area contributed by atoms with E-state index >= 15 is 0 Å². The smallest absolute Gasteiger partial charge is 0.276 e. The van der Waals surface area contributed by atoms with Gasteiger partial charge in [0.1, 0.15) is 23.0 Å². The third-order valence-corrected chi connectivity index (χ3v) is 8.53. The molecule has 11 heteroatoms. The highest BCUT2D eigenvalue weighted by Gasteiger charge is 2.32. The van der Waals surface area contributed by atoms with Crippen molar-refractivity contribution >= 4 is 23.2 Å². The molecular weight excluding hydrogens is 532 g/mol. The second-order valence-corrected chi connectivity index (χ2v) is 11.2. The Balaban J connectivity index is 1.35. The van der Waals surface area contributed by atoms with Crippen LogP contribution in [0.2, 0.25) is 0 Å². The summed E-state index contributed by atoms with van der Waals surface area (Å²) < 4.78 is 3.62. The van der Waals surface area contributed by atoms with Crippen LogP contribution >= 0.6 is 0 Å². The number of aliphatic hydroxyl groups is 1. The van der Waals surface area contributed by atoms with E-state index in [4.69, 9.17) is 5.73 Å². The lowest BCUT2D eigenvalue weighted by Crippen LogP contribution is -2.42. The minimum absolute atomic E-state index is 0.112. The number of rotatable bonds is 6. The van der Waals surface area contributed by atoms with Gasteiger partial charge in [-0.1, -0.05) is 6.92 Å². The number of aromatic nitrogens is 3. The Hall–Kier alpha value is -4.22. The molecule has 6 rings (SSSR count). The lowest BCUT2D eigenvalue weighted by atomic mass is 9.98. The van der Waals surface area contributed by atoms with Crippen molar-refractivity contribution in [1.82, 2.24) is 24.3 Å². The van der Waals surface area contributed by atoms with E-state index in [-0.39, 0.29) is 29.6 Å². The molecule has 42 heavy (non-hydrogen) atoms. The number of likely N-dealkylation sites (N-methyl/N-ethyl adjacent to an activating group) is 1. The van der Waals surface area contributed by atoms with E-state index in [9.17, 15) is 14.7 Å². The molecule has 3 aliphatic rings. The van der Waals surface area contributed by atoms with Crippen molar-refractivity contribution in [3.63, 3.8) is 0 Å². The second-order valence-electron chi connectivity index (χ2n) is 11.2. The summed E-state index contributed by atoms with van der Waals surface area (Å²) in [7, 11) is 1.66. The van der Waals surface area contributed by atoms with Gasteiger partial charge in [-0.2, -0.15) is 0 Å². The molecule has 0 radical (unpaired) electrons. The average Bonchev–Trinajstić information content (AvgIpc) is 3.39. The number of hydrogen-bond donors (Lipinski definition) is 3. The molecule has 0 saturated carbocycles. The molecule has 11 nitrogen and oxygen atoms in total. The number of nitrogens with one attached hydrogen (secondary N) is 1. The highest BCUT2D eigenvalue weighted by Crippen LogP contribution is 2.34. The van der Waals surface area contributed by atoms with E-state index in [0.29, 0.717) is 41.3 Å². The van der Waals surface area contributed by atoms with Gasteiger partial charge in [0.05, 0.1) is 6.61 Å². The molecule has 1 saturated heterocycles. The Morgan fingerprint density at radius 3 is 2.83 bits per heavy atom.